The number of carbonyl (C=O) groups is 1. The topological polar surface area (TPSA) is 91.8 Å². The maximum atomic E-state index is 12.2. The molecule has 1 aromatic carbocycles. The number of rotatable bonds is 5. The minimum Gasteiger partial charge on any atom is -0.415 e. The molecular formula is C21H22N4O2S. The summed E-state index contributed by atoms with van der Waals surface area (Å²) < 4.78 is 6.02. The van der Waals surface area contributed by atoms with Crippen LogP contribution in [-0.4, -0.2) is 21.9 Å². The highest BCUT2D eigenvalue weighted by Gasteiger charge is 2.54. The van der Waals surface area contributed by atoms with Crippen LogP contribution in [0.5, 0.6) is 0 Å². The summed E-state index contributed by atoms with van der Waals surface area (Å²) in [5.41, 5.74) is 1.22. The highest BCUT2D eigenvalue weighted by molar-refractivity contribution is 7.99. The molecule has 144 valence electrons. The maximum Gasteiger partial charge on any atom is 0.277 e. The number of amides is 1. The first-order valence-electron chi connectivity index (χ1n) is 9.89. The number of nitriles is 1. The summed E-state index contributed by atoms with van der Waals surface area (Å²) in [5, 5.41) is 20.8. The highest BCUT2D eigenvalue weighted by Crippen LogP contribution is 2.60. The molecule has 4 fully saturated rings. The Morgan fingerprint density at radius 3 is 2.61 bits per heavy atom. The number of thioether (sulfide) groups is 1. The highest BCUT2D eigenvalue weighted by atomic mass is 32.2. The lowest BCUT2D eigenvalue weighted by molar-refractivity contribution is -0.113. The summed E-state index contributed by atoms with van der Waals surface area (Å²) >= 11 is 1.27. The van der Waals surface area contributed by atoms with E-state index < -0.39 is 0 Å². The second kappa shape index (κ2) is 6.93. The minimum absolute atomic E-state index is 0.0839. The summed E-state index contributed by atoms with van der Waals surface area (Å²) in [6, 6.07) is 8.93. The molecule has 7 heteroatoms. The zero-order valence-corrected chi connectivity index (χ0v) is 16.4. The Hall–Kier alpha value is -2.33. The van der Waals surface area contributed by atoms with Gasteiger partial charge in [-0.3, -0.25) is 4.79 Å². The average molecular weight is 395 g/mol. The van der Waals surface area contributed by atoms with Crippen LogP contribution in [0.1, 0.15) is 50.0 Å². The quantitative estimate of drug-likeness (QED) is 0.766. The molecule has 4 aliphatic carbocycles. The van der Waals surface area contributed by atoms with Gasteiger partial charge >= 0.3 is 0 Å². The van der Waals surface area contributed by atoms with E-state index >= 15 is 0 Å². The van der Waals surface area contributed by atoms with Gasteiger partial charge in [-0.25, -0.2) is 0 Å². The van der Waals surface area contributed by atoms with Crippen molar-refractivity contribution in [1.82, 2.24) is 10.2 Å². The lowest BCUT2D eigenvalue weighted by Gasteiger charge is -2.55. The van der Waals surface area contributed by atoms with E-state index in [0.29, 0.717) is 16.5 Å². The van der Waals surface area contributed by atoms with Gasteiger partial charge in [-0.05, 0) is 74.5 Å². The van der Waals surface area contributed by atoms with Crippen LogP contribution < -0.4 is 5.32 Å². The molecule has 4 saturated carbocycles. The summed E-state index contributed by atoms with van der Waals surface area (Å²) in [4.78, 5) is 12.2. The molecule has 0 radical (unpaired) electrons. The van der Waals surface area contributed by atoms with Gasteiger partial charge in [0, 0.05) is 11.1 Å². The molecule has 0 unspecified atom stereocenters. The number of carbonyl (C=O) groups excluding carboxylic acids is 1. The van der Waals surface area contributed by atoms with Crippen molar-refractivity contribution in [3.63, 3.8) is 0 Å². The number of hydrogen-bond acceptors (Lipinski definition) is 6. The number of benzene rings is 1. The van der Waals surface area contributed by atoms with Crippen LogP contribution >= 0.6 is 11.8 Å². The third-order valence-electron chi connectivity index (χ3n) is 6.50. The molecule has 1 aromatic heterocycles. The Morgan fingerprint density at radius 1 is 1.21 bits per heavy atom. The van der Waals surface area contributed by atoms with E-state index in [-0.39, 0.29) is 17.1 Å². The fraction of sp³-hybridized carbons (Fsp3) is 0.524. The molecule has 4 aliphatic rings. The molecular weight excluding hydrogens is 372 g/mol. The Labute approximate surface area is 168 Å². The van der Waals surface area contributed by atoms with Crippen molar-refractivity contribution in [1.29, 1.82) is 5.26 Å². The maximum absolute atomic E-state index is 12.2. The molecule has 6 rings (SSSR count). The number of nitrogens with zero attached hydrogens (tertiary/aromatic N) is 3. The number of hydrogen-bond donors (Lipinski definition) is 1. The van der Waals surface area contributed by atoms with E-state index in [9.17, 15) is 4.79 Å². The first-order valence-corrected chi connectivity index (χ1v) is 10.9. The standard InChI is InChI=1S/C21H22N4O2S/c22-11-13-2-1-3-17(7-13)23-18(26)12-28-20-25-24-19(27-20)21-8-14-4-15(9-21)6-16(5-14)10-21/h1-3,7,14-16H,4-6,8-10,12H2,(H,23,26). The van der Waals surface area contributed by atoms with Gasteiger partial charge in [0.25, 0.3) is 5.22 Å². The van der Waals surface area contributed by atoms with Gasteiger partial charge in [0.15, 0.2) is 0 Å². The van der Waals surface area contributed by atoms with Crippen LogP contribution in [0.4, 0.5) is 5.69 Å². The summed E-state index contributed by atoms with van der Waals surface area (Å²) in [6.07, 6.45) is 7.68. The molecule has 4 bridgehead atoms. The van der Waals surface area contributed by atoms with Crippen LogP contribution in [0.2, 0.25) is 0 Å². The van der Waals surface area contributed by atoms with Gasteiger partial charge < -0.3 is 9.73 Å². The molecule has 0 saturated heterocycles. The zero-order chi connectivity index (χ0) is 19.1. The van der Waals surface area contributed by atoms with Gasteiger partial charge in [-0.1, -0.05) is 17.8 Å². The molecule has 6 nitrogen and oxygen atoms in total. The van der Waals surface area contributed by atoms with Crippen molar-refractivity contribution in [3.05, 3.63) is 35.7 Å². The Balaban J connectivity index is 1.21. The van der Waals surface area contributed by atoms with E-state index in [4.69, 9.17) is 9.68 Å². The van der Waals surface area contributed by atoms with Crippen LogP contribution in [0.25, 0.3) is 0 Å². The number of anilines is 1. The third kappa shape index (κ3) is 3.30. The first-order chi connectivity index (χ1) is 13.6. The Bertz CT molecular complexity index is 913. The lowest BCUT2D eigenvalue weighted by atomic mass is 9.49. The molecule has 2 aromatic rings. The van der Waals surface area contributed by atoms with Crippen molar-refractivity contribution in [2.75, 3.05) is 11.1 Å². The third-order valence-corrected chi connectivity index (χ3v) is 7.32. The largest absolute Gasteiger partial charge is 0.415 e. The number of nitrogens with one attached hydrogen (secondary N) is 1. The second-order valence-electron chi connectivity index (χ2n) is 8.60. The molecule has 1 N–H and O–H groups in total. The fourth-order valence-corrected chi connectivity index (χ4v) is 6.41. The fourth-order valence-electron chi connectivity index (χ4n) is 5.85. The van der Waals surface area contributed by atoms with Gasteiger partial charge in [0.05, 0.1) is 17.4 Å². The molecule has 28 heavy (non-hydrogen) atoms. The van der Waals surface area contributed by atoms with Gasteiger partial charge in [-0.15, -0.1) is 10.2 Å². The first kappa shape index (κ1) is 17.7. The van der Waals surface area contributed by atoms with Gasteiger partial charge in [0.2, 0.25) is 11.8 Å². The van der Waals surface area contributed by atoms with E-state index in [1.165, 1.54) is 50.3 Å². The van der Waals surface area contributed by atoms with Gasteiger partial charge in [-0.2, -0.15) is 5.26 Å². The van der Waals surface area contributed by atoms with E-state index in [1.807, 2.05) is 0 Å². The van der Waals surface area contributed by atoms with Crippen molar-refractivity contribution in [2.45, 2.75) is 49.2 Å². The number of aromatic nitrogens is 2. The average Bonchev–Trinajstić information content (AvgIpc) is 3.15. The summed E-state index contributed by atoms with van der Waals surface area (Å²) in [6.45, 7) is 0. The van der Waals surface area contributed by atoms with Gasteiger partial charge in [0.1, 0.15) is 0 Å². The Kier molecular flexibility index (Phi) is 4.39. The Morgan fingerprint density at radius 2 is 1.93 bits per heavy atom. The second-order valence-corrected chi connectivity index (χ2v) is 9.53. The van der Waals surface area contributed by atoms with Crippen LogP contribution in [0.15, 0.2) is 33.9 Å². The lowest BCUT2D eigenvalue weighted by Crippen LogP contribution is -2.48. The monoisotopic (exact) mass is 394 g/mol. The smallest absolute Gasteiger partial charge is 0.277 e. The van der Waals surface area contributed by atoms with Crippen molar-refractivity contribution in [3.8, 4) is 6.07 Å². The molecule has 1 amide bonds. The van der Waals surface area contributed by atoms with Crippen LogP contribution in [-0.2, 0) is 10.2 Å². The molecule has 1 heterocycles. The van der Waals surface area contributed by atoms with Crippen molar-refractivity contribution < 1.29 is 9.21 Å². The molecule has 0 spiro atoms. The van der Waals surface area contributed by atoms with Crippen LogP contribution in [0, 0.1) is 29.1 Å². The summed E-state index contributed by atoms with van der Waals surface area (Å²) in [5.74, 6) is 3.29. The minimum atomic E-state index is -0.158. The van der Waals surface area contributed by atoms with E-state index in [1.54, 1.807) is 24.3 Å². The van der Waals surface area contributed by atoms with E-state index in [0.717, 1.165) is 23.6 Å². The SMILES string of the molecule is N#Cc1cccc(NC(=O)CSc2nnc(C34CC5CC(CC(C5)C3)C4)o2)c1. The van der Waals surface area contributed by atoms with Crippen molar-refractivity contribution in [2.24, 2.45) is 17.8 Å². The zero-order valence-electron chi connectivity index (χ0n) is 15.6. The normalized spacial score (nSPS) is 30.2. The van der Waals surface area contributed by atoms with Crippen LogP contribution in [0.3, 0.4) is 0 Å². The predicted octanol–water partition coefficient (Wildman–Crippen LogP) is 4.14. The summed E-state index contributed by atoms with van der Waals surface area (Å²) in [7, 11) is 0. The van der Waals surface area contributed by atoms with E-state index in [2.05, 4.69) is 21.6 Å². The predicted molar refractivity (Wildman–Crippen MR) is 105 cm³/mol. The van der Waals surface area contributed by atoms with Crippen molar-refractivity contribution >= 4 is 23.4 Å². The molecule has 0 aliphatic heterocycles. The molecule has 0 atom stereocenters.